The first kappa shape index (κ1) is 19.4. The molecule has 0 aliphatic carbocycles. The van der Waals surface area contributed by atoms with Gasteiger partial charge in [-0.1, -0.05) is 30.3 Å². The molecule has 8 heteroatoms. The average Bonchev–Trinajstić information content (AvgIpc) is 3.03. The number of thioether (sulfide) groups is 1. The van der Waals surface area contributed by atoms with Gasteiger partial charge in [0.2, 0.25) is 0 Å². The minimum absolute atomic E-state index is 0.252. The van der Waals surface area contributed by atoms with Gasteiger partial charge in [-0.2, -0.15) is 0 Å². The third-order valence-electron chi connectivity index (χ3n) is 3.81. The first-order valence-electron chi connectivity index (χ1n) is 8.37. The fraction of sp³-hybridized carbons (Fsp3) is 0.100. The number of rotatable bonds is 7. The number of aldehydes is 1. The summed E-state index contributed by atoms with van der Waals surface area (Å²) in [6.45, 7) is 0.527. The third-order valence-corrected chi connectivity index (χ3v) is 4.62. The van der Waals surface area contributed by atoms with Crippen molar-refractivity contribution in [1.29, 1.82) is 0 Å². The SMILES string of the molecule is O=Cc1ccccc1C(=O)NCCOc1ccc(C=C2SC(=O)NC2=O)cc1. The van der Waals surface area contributed by atoms with Gasteiger partial charge >= 0.3 is 0 Å². The Balaban J connectivity index is 1.48. The number of nitrogens with one attached hydrogen (secondary N) is 2. The zero-order chi connectivity index (χ0) is 19.9. The van der Waals surface area contributed by atoms with E-state index in [2.05, 4.69) is 10.6 Å². The van der Waals surface area contributed by atoms with Crippen LogP contribution in [0.2, 0.25) is 0 Å². The summed E-state index contributed by atoms with van der Waals surface area (Å²) in [5.41, 5.74) is 1.42. The number of ether oxygens (including phenoxy) is 1. The maximum atomic E-state index is 12.1. The predicted octanol–water partition coefficient (Wildman–Crippen LogP) is 2.63. The van der Waals surface area contributed by atoms with Gasteiger partial charge in [-0.3, -0.25) is 24.5 Å². The van der Waals surface area contributed by atoms with Crippen LogP contribution in [0.4, 0.5) is 4.79 Å². The van der Waals surface area contributed by atoms with Crippen molar-refractivity contribution in [2.24, 2.45) is 0 Å². The lowest BCUT2D eigenvalue weighted by atomic mass is 10.1. The van der Waals surface area contributed by atoms with E-state index in [0.717, 1.165) is 17.3 Å². The zero-order valence-electron chi connectivity index (χ0n) is 14.6. The van der Waals surface area contributed by atoms with E-state index >= 15 is 0 Å². The van der Waals surface area contributed by atoms with Crippen LogP contribution in [0.3, 0.4) is 0 Å². The number of hydrogen-bond donors (Lipinski definition) is 2. The molecular weight excluding hydrogens is 380 g/mol. The van der Waals surface area contributed by atoms with E-state index in [0.29, 0.717) is 28.1 Å². The first-order chi connectivity index (χ1) is 13.6. The van der Waals surface area contributed by atoms with Crippen LogP contribution in [-0.4, -0.2) is 36.5 Å². The summed E-state index contributed by atoms with van der Waals surface area (Å²) in [6.07, 6.45) is 2.27. The monoisotopic (exact) mass is 396 g/mol. The molecule has 0 radical (unpaired) electrons. The van der Waals surface area contributed by atoms with Crippen molar-refractivity contribution in [3.8, 4) is 5.75 Å². The van der Waals surface area contributed by atoms with Crippen LogP contribution in [-0.2, 0) is 4.79 Å². The van der Waals surface area contributed by atoms with Gasteiger partial charge in [0.25, 0.3) is 17.1 Å². The highest BCUT2D eigenvalue weighted by Gasteiger charge is 2.24. The molecule has 1 aliphatic rings. The van der Waals surface area contributed by atoms with Crippen molar-refractivity contribution < 1.29 is 23.9 Å². The molecule has 0 saturated carbocycles. The molecule has 0 bridgehead atoms. The van der Waals surface area contributed by atoms with Gasteiger partial charge in [0, 0.05) is 11.1 Å². The second kappa shape index (κ2) is 9.01. The van der Waals surface area contributed by atoms with Gasteiger partial charge < -0.3 is 10.1 Å². The maximum absolute atomic E-state index is 12.1. The Morgan fingerprint density at radius 1 is 1.11 bits per heavy atom. The van der Waals surface area contributed by atoms with Crippen LogP contribution >= 0.6 is 11.8 Å². The third kappa shape index (κ3) is 4.86. The Morgan fingerprint density at radius 2 is 1.86 bits per heavy atom. The number of imide groups is 1. The van der Waals surface area contributed by atoms with Crippen molar-refractivity contribution in [3.05, 3.63) is 70.1 Å². The molecule has 2 aromatic carbocycles. The van der Waals surface area contributed by atoms with Crippen molar-refractivity contribution in [2.45, 2.75) is 0 Å². The van der Waals surface area contributed by atoms with Gasteiger partial charge in [-0.15, -0.1) is 0 Å². The molecule has 2 N–H and O–H groups in total. The molecule has 0 atom stereocenters. The number of hydrogen-bond acceptors (Lipinski definition) is 6. The Bertz CT molecular complexity index is 953. The van der Waals surface area contributed by atoms with E-state index in [9.17, 15) is 19.2 Å². The molecule has 0 aromatic heterocycles. The van der Waals surface area contributed by atoms with E-state index in [-0.39, 0.29) is 24.3 Å². The summed E-state index contributed by atoms with van der Waals surface area (Å²) in [5, 5.41) is 4.52. The van der Waals surface area contributed by atoms with Crippen LogP contribution in [0.5, 0.6) is 5.75 Å². The largest absolute Gasteiger partial charge is 0.492 e. The lowest BCUT2D eigenvalue weighted by Crippen LogP contribution is -2.28. The molecule has 1 aliphatic heterocycles. The summed E-state index contributed by atoms with van der Waals surface area (Å²) < 4.78 is 5.57. The molecule has 28 heavy (non-hydrogen) atoms. The van der Waals surface area contributed by atoms with Crippen molar-refractivity contribution in [2.75, 3.05) is 13.2 Å². The molecule has 3 rings (SSSR count). The minimum Gasteiger partial charge on any atom is -0.492 e. The van der Waals surface area contributed by atoms with E-state index < -0.39 is 5.91 Å². The second-order valence-electron chi connectivity index (χ2n) is 5.73. The van der Waals surface area contributed by atoms with Gasteiger partial charge in [-0.25, -0.2) is 0 Å². The van der Waals surface area contributed by atoms with Crippen molar-refractivity contribution >= 4 is 41.2 Å². The molecule has 7 nitrogen and oxygen atoms in total. The van der Waals surface area contributed by atoms with Crippen LogP contribution < -0.4 is 15.4 Å². The fourth-order valence-corrected chi connectivity index (χ4v) is 3.15. The highest BCUT2D eigenvalue weighted by molar-refractivity contribution is 8.18. The first-order valence-corrected chi connectivity index (χ1v) is 9.18. The number of carbonyl (C=O) groups is 4. The minimum atomic E-state index is -0.401. The Labute approximate surface area is 165 Å². The van der Waals surface area contributed by atoms with Crippen LogP contribution in [0.1, 0.15) is 26.3 Å². The summed E-state index contributed by atoms with van der Waals surface area (Å²) in [4.78, 5) is 46.1. The molecule has 1 fully saturated rings. The Morgan fingerprint density at radius 3 is 2.54 bits per heavy atom. The molecule has 1 saturated heterocycles. The fourth-order valence-electron chi connectivity index (χ4n) is 2.47. The van der Waals surface area contributed by atoms with Crippen molar-refractivity contribution in [3.63, 3.8) is 0 Å². The average molecular weight is 396 g/mol. The standard InChI is InChI=1S/C20H16N2O5S/c23-12-14-3-1-2-4-16(14)18(24)21-9-10-27-15-7-5-13(6-8-15)11-17-19(25)22-20(26)28-17/h1-8,11-12H,9-10H2,(H,21,24)(H,22,25,26). The normalized spacial score (nSPS) is 14.6. The Kier molecular flexibility index (Phi) is 6.23. The molecule has 142 valence electrons. The summed E-state index contributed by atoms with van der Waals surface area (Å²) >= 11 is 0.861. The summed E-state index contributed by atoms with van der Waals surface area (Å²) in [7, 11) is 0. The highest BCUT2D eigenvalue weighted by Crippen LogP contribution is 2.26. The van der Waals surface area contributed by atoms with E-state index in [1.54, 1.807) is 54.6 Å². The van der Waals surface area contributed by atoms with Gasteiger partial charge in [0.1, 0.15) is 12.4 Å². The highest BCUT2D eigenvalue weighted by atomic mass is 32.2. The lowest BCUT2D eigenvalue weighted by molar-refractivity contribution is -0.115. The zero-order valence-corrected chi connectivity index (χ0v) is 15.5. The van der Waals surface area contributed by atoms with Crippen molar-refractivity contribution in [1.82, 2.24) is 10.6 Å². The predicted molar refractivity (Wildman–Crippen MR) is 105 cm³/mol. The van der Waals surface area contributed by atoms with Crippen LogP contribution in [0.15, 0.2) is 53.4 Å². The van der Waals surface area contributed by atoms with Gasteiger partial charge in [-0.05, 0) is 41.6 Å². The maximum Gasteiger partial charge on any atom is 0.290 e. The molecule has 3 amide bonds. The van der Waals surface area contributed by atoms with Gasteiger partial charge in [0.15, 0.2) is 6.29 Å². The molecule has 2 aromatic rings. The van der Waals surface area contributed by atoms with Crippen LogP contribution in [0, 0.1) is 0 Å². The summed E-state index contributed by atoms with van der Waals surface area (Å²) in [5.74, 6) is -0.137. The number of benzene rings is 2. The second-order valence-corrected chi connectivity index (χ2v) is 6.75. The lowest BCUT2D eigenvalue weighted by Gasteiger charge is -2.09. The molecule has 0 spiro atoms. The molecule has 1 heterocycles. The number of carbonyl (C=O) groups excluding carboxylic acids is 4. The smallest absolute Gasteiger partial charge is 0.290 e. The van der Waals surface area contributed by atoms with E-state index in [1.165, 1.54) is 0 Å². The van der Waals surface area contributed by atoms with E-state index in [1.807, 2.05) is 0 Å². The van der Waals surface area contributed by atoms with Gasteiger partial charge in [0.05, 0.1) is 11.4 Å². The summed E-state index contributed by atoms with van der Waals surface area (Å²) in [6, 6.07) is 13.5. The van der Waals surface area contributed by atoms with E-state index in [4.69, 9.17) is 4.74 Å². The quantitative estimate of drug-likeness (QED) is 0.424. The molecular formula is C20H16N2O5S. The van der Waals surface area contributed by atoms with Crippen LogP contribution in [0.25, 0.3) is 6.08 Å². The number of amides is 3. The molecule has 0 unspecified atom stereocenters. The topological polar surface area (TPSA) is 102 Å². The Hall–Kier alpha value is -3.39.